The molecule has 0 spiro atoms. The van der Waals surface area contributed by atoms with Gasteiger partial charge in [-0.2, -0.15) is 0 Å². The third kappa shape index (κ3) is 3.22. The van der Waals surface area contributed by atoms with Crippen LogP contribution >= 0.6 is 0 Å². The Bertz CT molecular complexity index is 813. The van der Waals surface area contributed by atoms with E-state index in [-0.39, 0.29) is 0 Å². The lowest BCUT2D eigenvalue weighted by atomic mass is 9.90. The molecule has 3 aromatic heterocycles. The van der Waals surface area contributed by atoms with Crippen molar-refractivity contribution in [2.24, 2.45) is 0 Å². The van der Waals surface area contributed by atoms with Crippen LogP contribution in [0.1, 0.15) is 41.3 Å². The summed E-state index contributed by atoms with van der Waals surface area (Å²) in [6.45, 7) is 7.59. The van der Waals surface area contributed by atoms with Crippen LogP contribution < -0.4 is 0 Å². The molecule has 0 amide bonds. The molecule has 6 heteroatoms. The van der Waals surface area contributed by atoms with Crippen molar-refractivity contribution in [3.8, 4) is 0 Å². The van der Waals surface area contributed by atoms with E-state index in [9.17, 15) is 0 Å². The van der Waals surface area contributed by atoms with Crippen LogP contribution in [0.15, 0.2) is 43.2 Å². The zero-order valence-corrected chi connectivity index (χ0v) is 14.8. The van der Waals surface area contributed by atoms with Crippen LogP contribution in [0.2, 0.25) is 0 Å². The molecule has 1 aliphatic rings. The number of pyridine rings is 1. The molecule has 0 aliphatic carbocycles. The average molecular weight is 336 g/mol. The second-order valence-corrected chi connectivity index (χ2v) is 6.88. The average Bonchev–Trinajstić information content (AvgIpc) is 3.25. The summed E-state index contributed by atoms with van der Waals surface area (Å²) in [6, 6.07) is 6.60. The summed E-state index contributed by atoms with van der Waals surface area (Å²) in [6.07, 6.45) is 9.72. The van der Waals surface area contributed by atoms with E-state index in [1.54, 1.807) is 12.7 Å². The molecule has 4 heterocycles. The molecule has 0 bridgehead atoms. The third-order valence-corrected chi connectivity index (χ3v) is 5.30. The Morgan fingerprint density at radius 2 is 1.72 bits per heavy atom. The molecule has 130 valence electrons. The number of aromatic nitrogens is 5. The van der Waals surface area contributed by atoms with Crippen molar-refractivity contribution in [3.63, 3.8) is 0 Å². The van der Waals surface area contributed by atoms with Crippen LogP contribution in [-0.2, 0) is 6.54 Å². The summed E-state index contributed by atoms with van der Waals surface area (Å²) in [5.74, 6) is 0.670. The maximum atomic E-state index is 4.13. The quantitative estimate of drug-likeness (QED) is 0.735. The molecule has 3 aromatic rings. The lowest BCUT2D eigenvalue weighted by Gasteiger charge is -2.32. The molecule has 1 saturated heterocycles. The number of nitrogens with zero attached hydrogens (tertiary/aromatic N) is 6. The number of hydrogen-bond donors (Lipinski definition) is 0. The summed E-state index contributed by atoms with van der Waals surface area (Å²) in [4.78, 5) is 6.69. The van der Waals surface area contributed by atoms with Crippen LogP contribution in [0, 0.1) is 13.8 Å². The molecule has 1 fully saturated rings. The van der Waals surface area contributed by atoms with Crippen molar-refractivity contribution in [2.45, 2.75) is 39.2 Å². The Kier molecular flexibility index (Phi) is 4.36. The highest BCUT2D eigenvalue weighted by molar-refractivity contribution is 5.27. The summed E-state index contributed by atoms with van der Waals surface area (Å²) in [5, 5.41) is 7.84. The Morgan fingerprint density at radius 1 is 1.04 bits per heavy atom. The largest absolute Gasteiger partial charge is 0.299 e. The molecular weight excluding hydrogens is 312 g/mol. The van der Waals surface area contributed by atoms with Crippen molar-refractivity contribution in [1.29, 1.82) is 0 Å². The van der Waals surface area contributed by atoms with Crippen LogP contribution in [0.4, 0.5) is 0 Å². The second kappa shape index (κ2) is 6.80. The van der Waals surface area contributed by atoms with E-state index in [1.165, 1.54) is 35.4 Å². The van der Waals surface area contributed by atoms with Gasteiger partial charge in [-0.3, -0.25) is 14.6 Å². The highest BCUT2D eigenvalue weighted by atomic mass is 15.5. The van der Waals surface area contributed by atoms with Crippen molar-refractivity contribution in [3.05, 3.63) is 65.8 Å². The first-order chi connectivity index (χ1) is 12.2. The van der Waals surface area contributed by atoms with Gasteiger partial charge in [-0.15, -0.1) is 10.2 Å². The van der Waals surface area contributed by atoms with Crippen molar-refractivity contribution in [2.75, 3.05) is 13.1 Å². The number of rotatable bonds is 4. The van der Waals surface area contributed by atoms with Gasteiger partial charge in [0.1, 0.15) is 12.7 Å². The minimum atomic E-state index is 0.670. The van der Waals surface area contributed by atoms with E-state index in [4.69, 9.17) is 0 Å². The van der Waals surface area contributed by atoms with E-state index >= 15 is 0 Å². The second-order valence-electron chi connectivity index (χ2n) is 6.88. The number of piperidine rings is 1. The highest BCUT2D eigenvalue weighted by Gasteiger charge is 2.22. The Balaban J connectivity index is 1.43. The van der Waals surface area contributed by atoms with E-state index in [1.807, 2.05) is 17.1 Å². The van der Waals surface area contributed by atoms with Gasteiger partial charge in [-0.1, -0.05) is 0 Å². The predicted octanol–water partition coefficient (Wildman–Crippen LogP) is 2.78. The van der Waals surface area contributed by atoms with Crippen molar-refractivity contribution in [1.82, 2.24) is 29.4 Å². The molecule has 1 aliphatic heterocycles. The van der Waals surface area contributed by atoms with Gasteiger partial charge >= 0.3 is 0 Å². The summed E-state index contributed by atoms with van der Waals surface area (Å²) in [7, 11) is 0. The monoisotopic (exact) mass is 336 g/mol. The van der Waals surface area contributed by atoms with Crippen LogP contribution in [0.5, 0.6) is 0 Å². The van der Waals surface area contributed by atoms with Gasteiger partial charge in [-0.05, 0) is 75.0 Å². The molecule has 0 unspecified atom stereocenters. The molecule has 0 saturated carbocycles. The third-order valence-electron chi connectivity index (χ3n) is 5.30. The van der Waals surface area contributed by atoms with Gasteiger partial charge in [-0.25, -0.2) is 4.68 Å². The maximum Gasteiger partial charge on any atom is 0.139 e. The normalized spacial score (nSPS) is 16.4. The zero-order chi connectivity index (χ0) is 17.2. The van der Waals surface area contributed by atoms with Crippen LogP contribution in [0.25, 0.3) is 0 Å². The highest BCUT2D eigenvalue weighted by Crippen LogP contribution is 2.28. The van der Waals surface area contributed by atoms with Gasteiger partial charge in [0.25, 0.3) is 0 Å². The van der Waals surface area contributed by atoms with E-state index in [0.29, 0.717) is 5.92 Å². The van der Waals surface area contributed by atoms with Gasteiger partial charge in [0.2, 0.25) is 0 Å². The smallest absolute Gasteiger partial charge is 0.139 e. The fourth-order valence-corrected chi connectivity index (χ4v) is 3.93. The first-order valence-corrected chi connectivity index (χ1v) is 8.88. The minimum absolute atomic E-state index is 0.670. The van der Waals surface area contributed by atoms with E-state index in [2.05, 4.69) is 56.8 Å². The summed E-state index contributed by atoms with van der Waals surface area (Å²) in [5.41, 5.74) is 5.28. The van der Waals surface area contributed by atoms with Gasteiger partial charge in [0.05, 0.1) is 0 Å². The molecule has 0 aromatic carbocycles. The lowest BCUT2D eigenvalue weighted by Crippen LogP contribution is -2.32. The van der Waals surface area contributed by atoms with Gasteiger partial charge in [0, 0.05) is 30.3 Å². The summed E-state index contributed by atoms with van der Waals surface area (Å²) >= 11 is 0. The fourth-order valence-electron chi connectivity index (χ4n) is 3.93. The number of hydrogen-bond acceptors (Lipinski definition) is 4. The zero-order valence-electron chi connectivity index (χ0n) is 14.8. The fraction of sp³-hybridized carbons (Fsp3) is 0.421. The molecule has 0 N–H and O–H groups in total. The van der Waals surface area contributed by atoms with Gasteiger partial charge < -0.3 is 0 Å². The molecule has 25 heavy (non-hydrogen) atoms. The Labute approximate surface area is 148 Å². The lowest BCUT2D eigenvalue weighted by molar-refractivity contribution is 0.204. The number of likely N-dealkylation sites (tertiary alicyclic amines) is 1. The first-order valence-electron chi connectivity index (χ1n) is 8.88. The van der Waals surface area contributed by atoms with Crippen LogP contribution in [0.3, 0.4) is 0 Å². The molecule has 4 rings (SSSR count). The molecule has 0 atom stereocenters. The van der Waals surface area contributed by atoms with E-state index < -0.39 is 0 Å². The van der Waals surface area contributed by atoms with Crippen molar-refractivity contribution < 1.29 is 0 Å². The number of aryl methyl sites for hydroxylation is 1. The van der Waals surface area contributed by atoms with Crippen LogP contribution in [-0.4, -0.2) is 42.5 Å². The minimum Gasteiger partial charge on any atom is -0.299 e. The standard InChI is InChI=1S/C19H24N6/c1-15-11-19(16(2)25(15)24-13-21-22-14-24)12-23-9-5-18(6-10-23)17-3-7-20-8-4-17/h3-4,7-8,11,13-14,18H,5-6,9-10,12H2,1-2H3. The maximum absolute atomic E-state index is 4.13. The van der Waals surface area contributed by atoms with E-state index in [0.717, 1.165) is 19.6 Å². The predicted molar refractivity (Wildman–Crippen MR) is 96.2 cm³/mol. The van der Waals surface area contributed by atoms with Gasteiger partial charge in [0.15, 0.2) is 0 Å². The Hall–Kier alpha value is -2.47. The molecule has 0 radical (unpaired) electrons. The molecular formula is C19H24N6. The molecule has 6 nitrogen and oxygen atoms in total. The SMILES string of the molecule is Cc1cc(CN2CCC(c3ccncc3)CC2)c(C)n1-n1cnnc1. The topological polar surface area (TPSA) is 51.8 Å². The Morgan fingerprint density at radius 3 is 2.40 bits per heavy atom. The summed E-state index contributed by atoms with van der Waals surface area (Å²) < 4.78 is 4.10. The van der Waals surface area contributed by atoms with Crippen molar-refractivity contribution >= 4 is 0 Å². The first kappa shape index (κ1) is 16.0.